The highest BCUT2D eigenvalue weighted by atomic mass is 32.2. The van der Waals surface area contributed by atoms with Crippen LogP contribution in [0.2, 0.25) is 0 Å². The second-order valence-electron chi connectivity index (χ2n) is 4.78. The van der Waals surface area contributed by atoms with Crippen molar-refractivity contribution in [3.05, 3.63) is 29.6 Å². The fourth-order valence-corrected chi connectivity index (χ4v) is 3.73. The second-order valence-corrected chi connectivity index (χ2v) is 6.46. The van der Waals surface area contributed by atoms with E-state index in [1.54, 1.807) is 0 Å². The van der Waals surface area contributed by atoms with Crippen LogP contribution in [0.5, 0.6) is 0 Å². The van der Waals surface area contributed by atoms with Gasteiger partial charge in [0.15, 0.2) is 0 Å². The van der Waals surface area contributed by atoms with E-state index in [4.69, 9.17) is 0 Å². The molecule has 8 heteroatoms. The molecule has 2 rings (SSSR count). The highest BCUT2D eigenvalue weighted by molar-refractivity contribution is 7.89. The van der Waals surface area contributed by atoms with Gasteiger partial charge in [0.05, 0.1) is 17.6 Å². The summed E-state index contributed by atoms with van der Waals surface area (Å²) in [6.45, 7) is 1.42. The Balaban J connectivity index is 2.33. The van der Waals surface area contributed by atoms with Gasteiger partial charge in [-0.3, -0.25) is 0 Å². The minimum absolute atomic E-state index is 0.180. The minimum Gasteiger partial charge on any atom is -0.465 e. The number of carbonyl (C=O) groups is 1. The number of nitrogens with one attached hydrogen (secondary N) is 2. The lowest BCUT2D eigenvalue weighted by atomic mass is 10.1. The van der Waals surface area contributed by atoms with E-state index in [-0.39, 0.29) is 11.6 Å². The maximum Gasteiger partial charge on any atom is 0.339 e. The Hall–Kier alpha value is -1.51. The van der Waals surface area contributed by atoms with Crippen LogP contribution in [0.25, 0.3) is 0 Å². The number of sulfonamides is 1. The van der Waals surface area contributed by atoms with Crippen molar-refractivity contribution in [2.45, 2.75) is 23.8 Å². The van der Waals surface area contributed by atoms with E-state index in [0.29, 0.717) is 25.9 Å². The Labute approximate surface area is 122 Å². The molecule has 2 N–H and O–H groups in total. The number of ether oxygens (including phenoxy) is 1. The number of esters is 1. The first kappa shape index (κ1) is 15.9. The lowest BCUT2D eigenvalue weighted by Gasteiger charge is -2.23. The molecule has 0 bridgehead atoms. The fraction of sp³-hybridized carbons (Fsp3) is 0.462. The molecule has 21 heavy (non-hydrogen) atoms. The Morgan fingerprint density at radius 2 is 2.05 bits per heavy atom. The molecule has 0 unspecified atom stereocenters. The molecule has 1 aromatic carbocycles. The van der Waals surface area contributed by atoms with Crippen molar-refractivity contribution in [1.82, 2.24) is 10.0 Å². The van der Waals surface area contributed by atoms with E-state index in [0.717, 1.165) is 25.3 Å². The molecule has 1 fully saturated rings. The van der Waals surface area contributed by atoms with Crippen LogP contribution in [-0.2, 0) is 14.8 Å². The van der Waals surface area contributed by atoms with Crippen LogP contribution >= 0.6 is 0 Å². The van der Waals surface area contributed by atoms with E-state index >= 15 is 0 Å². The van der Waals surface area contributed by atoms with Gasteiger partial charge in [0, 0.05) is 6.04 Å². The summed E-state index contributed by atoms with van der Waals surface area (Å²) in [5.41, 5.74) is -0.180. The molecule has 6 nitrogen and oxygen atoms in total. The van der Waals surface area contributed by atoms with Crippen molar-refractivity contribution in [3.8, 4) is 0 Å². The summed E-state index contributed by atoms with van der Waals surface area (Å²) in [5, 5.41) is 3.12. The van der Waals surface area contributed by atoms with Gasteiger partial charge in [0.2, 0.25) is 10.0 Å². The molecular formula is C13H17FN2O4S. The molecule has 1 aliphatic rings. The minimum atomic E-state index is -3.99. The average Bonchev–Trinajstić information content (AvgIpc) is 2.47. The van der Waals surface area contributed by atoms with E-state index in [1.165, 1.54) is 0 Å². The molecule has 0 aliphatic carbocycles. The van der Waals surface area contributed by atoms with Gasteiger partial charge in [-0.15, -0.1) is 0 Å². The van der Waals surface area contributed by atoms with Gasteiger partial charge in [-0.2, -0.15) is 0 Å². The average molecular weight is 316 g/mol. The SMILES string of the molecule is COC(=O)c1ccc(F)cc1S(=O)(=O)NC1CCNCC1. The van der Waals surface area contributed by atoms with E-state index in [9.17, 15) is 17.6 Å². The van der Waals surface area contributed by atoms with E-state index < -0.39 is 26.7 Å². The number of hydrogen-bond acceptors (Lipinski definition) is 5. The van der Waals surface area contributed by atoms with Crippen LogP contribution in [0, 0.1) is 5.82 Å². The predicted molar refractivity (Wildman–Crippen MR) is 74.0 cm³/mol. The van der Waals surface area contributed by atoms with Crippen molar-refractivity contribution < 1.29 is 22.3 Å². The first-order chi connectivity index (χ1) is 9.94. The summed E-state index contributed by atoms with van der Waals surface area (Å²) < 4.78 is 45.2. The van der Waals surface area contributed by atoms with Crippen molar-refractivity contribution in [2.24, 2.45) is 0 Å². The quantitative estimate of drug-likeness (QED) is 0.797. The van der Waals surface area contributed by atoms with Crippen molar-refractivity contribution in [2.75, 3.05) is 20.2 Å². The fourth-order valence-electron chi connectivity index (χ4n) is 2.22. The summed E-state index contributed by atoms with van der Waals surface area (Å²) in [6.07, 6.45) is 1.28. The molecule has 0 atom stereocenters. The van der Waals surface area contributed by atoms with Gasteiger partial charge in [-0.05, 0) is 44.1 Å². The molecule has 1 aromatic rings. The molecule has 1 aliphatic heterocycles. The predicted octanol–water partition coefficient (Wildman–Crippen LogP) is 0.643. The van der Waals surface area contributed by atoms with Crippen LogP contribution in [0.1, 0.15) is 23.2 Å². The van der Waals surface area contributed by atoms with Gasteiger partial charge in [0.25, 0.3) is 0 Å². The van der Waals surface area contributed by atoms with Crippen LogP contribution in [0.3, 0.4) is 0 Å². The van der Waals surface area contributed by atoms with Crippen LogP contribution in [-0.4, -0.2) is 40.6 Å². The summed E-state index contributed by atoms with van der Waals surface area (Å²) in [5.74, 6) is -1.55. The molecule has 0 aromatic heterocycles. The van der Waals surface area contributed by atoms with Gasteiger partial charge in [0.1, 0.15) is 5.82 Å². The third-order valence-corrected chi connectivity index (χ3v) is 4.86. The molecular weight excluding hydrogens is 299 g/mol. The number of halogens is 1. The maximum absolute atomic E-state index is 13.4. The molecule has 0 spiro atoms. The molecule has 0 radical (unpaired) electrons. The van der Waals surface area contributed by atoms with Crippen molar-refractivity contribution in [1.29, 1.82) is 0 Å². The number of carbonyl (C=O) groups excluding carboxylic acids is 1. The largest absolute Gasteiger partial charge is 0.465 e. The third-order valence-electron chi connectivity index (χ3n) is 3.30. The topological polar surface area (TPSA) is 84.5 Å². The normalized spacial score (nSPS) is 16.7. The number of piperidine rings is 1. The molecule has 116 valence electrons. The second kappa shape index (κ2) is 6.50. The number of rotatable bonds is 4. The summed E-state index contributed by atoms with van der Waals surface area (Å²) in [4.78, 5) is 11.2. The van der Waals surface area contributed by atoms with Crippen LogP contribution < -0.4 is 10.0 Å². The van der Waals surface area contributed by atoms with Gasteiger partial charge in [-0.1, -0.05) is 0 Å². The maximum atomic E-state index is 13.4. The Morgan fingerprint density at radius 1 is 1.38 bits per heavy atom. The Bertz CT molecular complexity index is 627. The van der Waals surface area contributed by atoms with Crippen LogP contribution in [0.15, 0.2) is 23.1 Å². The van der Waals surface area contributed by atoms with Gasteiger partial charge >= 0.3 is 5.97 Å². The number of methoxy groups -OCH3 is 1. The standard InChI is InChI=1S/C13H17FN2O4S/c1-20-13(17)11-3-2-9(14)8-12(11)21(18,19)16-10-4-6-15-7-5-10/h2-3,8,10,15-16H,4-7H2,1H3. The lowest BCUT2D eigenvalue weighted by Crippen LogP contribution is -2.43. The van der Waals surface area contributed by atoms with Gasteiger partial charge < -0.3 is 10.1 Å². The molecule has 1 saturated heterocycles. The highest BCUT2D eigenvalue weighted by Crippen LogP contribution is 2.19. The first-order valence-corrected chi connectivity index (χ1v) is 8.03. The zero-order valence-electron chi connectivity index (χ0n) is 11.6. The zero-order chi connectivity index (χ0) is 15.5. The lowest BCUT2D eigenvalue weighted by molar-refractivity contribution is 0.0596. The summed E-state index contributed by atoms with van der Waals surface area (Å²) >= 11 is 0. The van der Waals surface area contributed by atoms with Gasteiger partial charge in [-0.25, -0.2) is 22.3 Å². The first-order valence-electron chi connectivity index (χ1n) is 6.55. The molecule has 0 saturated carbocycles. The smallest absolute Gasteiger partial charge is 0.339 e. The number of benzene rings is 1. The Kier molecular flexibility index (Phi) is 4.92. The van der Waals surface area contributed by atoms with Crippen LogP contribution in [0.4, 0.5) is 4.39 Å². The molecule has 1 heterocycles. The highest BCUT2D eigenvalue weighted by Gasteiger charge is 2.27. The zero-order valence-corrected chi connectivity index (χ0v) is 12.4. The Morgan fingerprint density at radius 3 is 2.67 bits per heavy atom. The van der Waals surface area contributed by atoms with E-state index in [1.807, 2.05) is 0 Å². The third kappa shape index (κ3) is 3.78. The number of hydrogen-bond donors (Lipinski definition) is 2. The van der Waals surface area contributed by atoms with Crippen molar-refractivity contribution >= 4 is 16.0 Å². The monoisotopic (exact) mass is 316 g/mol. The van der Waals surface area contributed by atoms with E-state index in [2.05, 4.69) is 14.8 Å². The molecule has 0 amide bonds. The summed E-state index contributed by atoms with van der Waals surface area (Å²) in [6, 6.07) is 2.73. The van der Waals surface area contributed by atoms with Crippen molar-refractivity contribution in [3.63, 3.8) is 0 Å². The summed E-state index contributed by atoms with van der Waals surface area (Å²) in [7, 11) is -2.85.